The number of carbonyl (C=O) groups is 2. The predicted octanol–water partition coefficient (Wildman–Crippen LogP) is 6.02. The molecular weight excluding hydrogens is 610 g/mol. The first-order valence-electron chi connectivity index (χ1n) is 13.8. The number of nitrogens with one attached hydrogen (secondary N) is 3. The summed E-state index contributed by atoms with van der Waals surface area (Å²) in [7, 11) is -3.82. The van der Waals surface area contributed by atoms with Gasteiger partial charge in [-0.1, -0.05) is 41.6 Å². The second-order valence-electron chi connectivity index (χ2n) is 10.1. The van der Waals surface area contributed by atoms with Crippen LogP contribution in [0, 0.1) is 17.8 Å². The number of hydrogen-bond donors (Lipinski definition) is 3. The van der Waals surface area contributed by atoms with Crippen LogP contribution < -0.4 is 20.5 Å². The van der Waals surface area contributed by atoms with E-state index in [1.807, 2.05) is 5.32 Å². The van der Waals surface area contributed by atoms with Crippen molar-refractivity contribution < 1.29 is 41.1 Å². The quantitative estimate of drug-likeness (QED) is 0.112. The summed E-state index contributed by atoms with van der Waals surface area (Å²) in [5.41, 5.74) is -2.71. The van der Waals surface area contributed by atoms with Crippen molar-refractivity contribution in [1.29, 1.82) is 0 Å². The number of benzene rings is 2. The number of para-hydroxylation sites is 1. The van der Waals surface area contributed by atoms with E-state index in [1.165, 1.54) is 19.1 Å². The topological polar surface area (TPSA) is 115 Å². The molecule has 1 saturated carbocycles. The van der Waals surface area contributed by atoms with Crippen molar-refractivity contribution in [2.75, 3.05) is 31.2 Å². The third-order valence-electron chi connectivity index (χ3n) is 6.66. The van der Waals surface area contributed by atoms with Crippen LogP contribution in [-0.4, -0.2) is 50.1 Å². The van der Waals surface area contributed by atoms with Crippen molar-refractivity contribution in [2.45, 2.75) is 50.9 Å². The lowest BCUT2D eigenvalue weighted by Gasteiger charge is -2.37. The molecule has 2 aromatic carbocycles. The fraction of sp³-hybridized carbons (Fsp3) is 0.448. The number of carbonyl (C=O) groups excluding carboxylic acids is 2. The van der Waals surface area contributed by atoms with Gasteiger partial charge in [0.05, 0.1) is 12.8 Å². The van der Waals surface area contributed by atoms with Gasteiger partial charge in [-0.25, -0.2) is 14.2 Å². The Balaban J connectivity index is 1.43. The Bertz CT molecular complexity index is 1440. The summed E-state index contributed by atoms with van der Waals surface area (Å²) < 4.78 is 72.8. The Hall–Kier alpha value is -3.23. The maximum atomic E-state index is 14.4. The van der Waals surface area contributed by atoms with Crippen molar-refractivity contribution in [2.24, 2.45) is 5.92 Å². The average molecular weight is 642 g/mol. The minimum absolute atomic E-state index is 0.0345. The van der Waals surface area contributed by atoms with E-state index < -0.39 is 37.4 Å². The molecule has 1 heterocycles. The number of ether oxygens (including phenoxy) is 1. The monoisotopic (exact) mass is 641 g/mol. The number of halogens is 4. The molecule has 4 rings (SSSR count). The highest BCUT2D eigenvalue weighted by Crippen LogP contribution is 2.49. The number of amides is 2. The van der Waals surface area contributed by atoms with Gasteiger partial charge in [-0.15, -0.1) is 0 Å². The molecule has 14 heteroatoms. The van der Waals surface area contributed by atoms with Gasteiger partial charge >= 0.3 is 25.8 Å². The smallest absolute Gasteiger partial charge is 0.427 e. The van der Waals surface area contributed by atoms with Gasteiger partial charge in [-0.2, -0.15) is 13.2 Å². The molecule has 232 valence electrons. The highest BCUT2D eigenvalue weighted by atomic mass is 35.5. The molecule has 0 spiro atoms. The van der Waals surface area contributed by atoms with Crippen LogP contribution in [0.5, 0.6) is 5.75 Å². The van der Waals surface area contributed by atoms with Gasteiger partial charge in [0.25, 0.3) is 0 Å². The molecule has 1 fully saturated rings. The average Bonchev–Trinajstić information content (AvgIpc) is 3.77. The van der Waals surface area contributed by atoms with Crippen LogP contribution in [0.15, 0.2) is 42.5 Å². The maximum absolute atomic E-state index is 14.4. The molecule has 0 radical (unpaired) electrons. The van der Waals surface area contributed by atoms with Crippen LogP contribution >= 0.6 is 19.2 Å². The summed E-state index contributed by atoms with van der Waals surface area (Å²) in [5, 5.41) is 7.57. The van der Waals surface area contributed by atoms with E-state index >= 15 is 0 Å². The summed E-state index contributed by atoms with van der Waals surface area (Å²) in [5.74, 6) is 4.43. The summed E-state index contributed by atoms with van der Waals surface area (Å²) >= 11 is 6.43. The van der Waals surface area contributed by atoms with Gasteiger partial charge in [0.15, 0.2) is 6.10 Å². The maximum Gasteiger partial charge on any atom is 0.427 e. The van der Waals surface area contributed by atoms with Crippen molar-refractivity contribution in [1.82, 2.24) is 10.6 Å². The predicted molar refractivity (Wildman–Crippen MR) is 155 cm³/mol. The minimum Gasteiger partial charge on any atom is -0.464 e. The van der Waals surface area contributed by atoms with Crippen LogP contribution in [0.1, 0.15) is 37.8 Å². The van der Waals surface area contributed by atoms with E-state index in [-0.39, 0.29) is 54.5 Å². The standard InChI is InChI=1S/C29H32ClF3N3O6P/c1-3-40-26(37)19(2)41-43(39,42-22-7-5-4-6-8-22)16-15-34-14-12-21-17-25-23(18-24(21)30)28(29(31,32)33,36-27(38)35-25)13-11-20-9-10-20/h4-8,17-20,34H,3,9-10,12,14-16H2,1-2H3,(H2,35,36,38)/t19-,28-,43?/m0/s1. The zero-order valence-corrected chi connectivity index (χ0v) is 25.2. The lowest BCUT2D eigenvalue weighted by molar-refractivity contribution is -0.178. The second-order valence-corrected chi connectivity index (χ2v) is 12.6. The minimum atomic E-state index is -4.89. The van der Waals surface area contributed by atoms with Crippen LogP contribution in [0.4, 0.5) is 23.7 Å². The van der Waals surface area contributed by atoms with Gasteiger partial charge < -0.3 is 25.2 Å². The Labute approximate surface area is 252 Å². The molecule has 2 aliphatic rings. The lowest BCUT2D eigenvalue weighted by Crippen LogP contribution is -2.59. The number of rotatable bonds is 12. The van der Waals surface area contributed by atoms with E-state index in [9.17, 15) is 27.3 Å². The normalized spacial score (nSPS) is 19.9. The van der Waals surface area contributed by atoms with Crippen molar-refractivity contribution in [3.05, 3.63) is 58.6 Å². The Morgan fingerprint density at radius 3 is 2.60 bits per heavy atom. The zero-order chi connectivity index (χ0) is 31.3. The fourth-order valence-corrected chi connectivity index (χ4v) is 6.26. The van der Waals surface area contributed by atoms with E-state index in [1.54, 1.807) is 37.3 Å². The largest absolute Gasteiger partial charge is 0.464 e. The van der Waals surface area contributed by atoms with Gasteiger partial charge in [0, 0.05) is 28.7 Å². The van der Waals surface area contributed by atoms with Gasteiger partial charge in [-0.05, 0) is 69.5 Å². The van der Waals surface area contributed by atoms with E-state index in [0.717, 1.165) is 12.8 Å². The number of alkyl halides is 3. The first-order chi connectivity index (χ1) is 20.4. The SMILES string of the molecule is CCOC(=O)[C@H](C)OP(=O)(CCNCCc1cc2c(cc1Cl)[C@@](C#CC1CC1)(C(F)(F)F)NC(=O)N2)Oc1ccccc1. The highest BCUT2D eigenvalue weighted by molar-refractivity contribution is 7.54. The summed E-state index contributed by atoms with van der Waals surface area (Å²) in [6.07, 6.45) is -4.42. The summed E-state index contributed by atoms with van der Waals surface area (Å²) in [6, 6.07) is 9.95. The molecule has 43 heavy (non-hydrogen) atoms. The van der Waals surface area contributed by atoms with E-state index in [0.29, 0.717) is 11.3 Å². The van der Waals surface area contributed by atoms with Crippen LogP contribution in [0.2, 0.25) is 5.02 Å². The molecule has 1 aliphatic carbocycles. The second kappa shape index (κ2) is 13.6. The van der Waals surface area contributed by atoms with Gasteiger partial charge in [0.2, 0.25) is 5.54 Å². The van der Waals surface area contributed by atoms with Crippen molar-refractivity contribution >= 4 is 36.9 Å². The number of fused-ring (bicyclic) bond motifs is 1. The summed E-state index contributed by atoms with van der Waals surface area (Å²) in [6.45, 7) is 3.63. The fourth-order valence-electron chi connectivity index (χ4n) is 4.31. The Morgan fingerprint density at radius 2 is 1.95 bits per heavy atom. The first kappa shape index (κ1) is 32.7. The molecule has 9 nitrogen and oxygen atoms in total. The number of hydrogen-bond acceptors (Lipinski definition) is 7. The molecular formula is C29H32ClF3N3O6P. The number of urea groups is 1. The lowest BCUT2D eigenvalue weighted by atomic mass is 9.85. The van der Waals surface area contributed by atoms with Crippen molar-refractivity contribution in [3.63, 3.8) is 0 Å². The number of esters is 1. The third-order valence-corrected chi connectivity index (χ3v) is 8.91. The Morgan fingerprint density at radius 1 is 1.23 bits per heavy atom. The van der Waals surface area contributed by atoms with E-state index in [4.69, 9.17) is 25.4 Å². The molecule has 3 atom stereocenters. The number of anilines is 1. The molecule has 2 amide bonds. The third kappa shape index (κ3) is 8.24. The molecule has 0 aromatic heterocycles. The molecule has 1 aliphatic heterocycles. The Kier molecular flexibility index (Phi) is 10.3. The van der Waals surface area contributed by atoms with Crippen molar-refractivity contribution in [3.8, 4) is 17.6 Å². The zero-order valence-electron chi connectivity index (χ0n) is 23.6. The van der Waals surface area contributed by atoms with E-state index in [2.05, 4.69) is 22.5 Å². The van der Waals surface area contributed by atoms with Crippen LogP contribution in [0.25, 0.3) is 0 Å². The van der Waals surface area contributed by atoms with Crippen LogP contribution in [-0.2, 0) is 30.6 Å². The van der Waals surface area contributed by atoms with Crippen LogP contribution in [0.3, 0.4) is 0 Å². The molecule has 1 unspecified atom stereocenters. The molecule has 3 N–H and O–H groups in total. The first-order valence-corrected chi connectivity index (χ1v) is 15.9. The van der Waals surface area contributed by atoms with Gasteiger partial charge in [0.1, 0.15) is 5.75 Å². The molecule has 2 aromatic rings. The highest BCUT2D eigenvalue weighted by Gasteiger charge is 2.59. The van der Waals surface area contributed by atoms with Gasteiger partial charge in [-0.3, -0.25) is 4.52 Å². The summed E-state index contributed by atoms with van der Waals surface area (Å²) in [4.78, 5) is 24.4. The molecule has 0 bridgehead atoms. The molecule has 0 saturated heterocycles.